The third-order valence-corrected chi connectivity index (χ3v) is 2.76. The Balaban J connectivity index is 2.22. The lowest BCUT2D eigenvalue weighted by Gasteiger charge is -2.09. The molecule has 1 N–H and O–H groups in total. The molecule has 0 bridgehead atoms. The van der Waals surface area contributed by atoms with Crippen LogP contribution in [-0.4, -0.2) is 17.1 Å². The van der Waals surface area contributed by atoms with Crippen molar-refractivity contribution in [3.63, 3.8) is 0 Å². The number of benzene rings is 1. The first-order chi connectivity index (χ1) is 8.20. The Labute approximate surface area is 105 Å². The molecular weight excluding hydrogens is 238 g/mol. The van der Waals surface area contributed by atoms with Gasteiger partial charge in [-0.25, -0.2) is 9.97 Å². The number of nitrogens with zero attached hydrogens (tertiary/aromatic N) is 2. The number of hydrogen-bond acceptors (Lipinski definition) is 4. The molecule has 0 saturated carbocycles. The summed E-state index contributed by atoms with van der Waals surface area (Å²) in [4.78, 5) is 8.04. The third kappa shape index (κ3) is 2.65. The highest BCUT2D eigenvalue weighted by Gasteiger charge is 2.04. The van der Waals surface area contributed by atoms with Crippen LogP contribution in [0, 0.1) is 6.92 Å². The van der Waals surface area contributed by atoms with Crippen molar-refractivity contribution in [1.29, 1.82) is 0 Å². The van der Waals surface area contributed by atoms with Crippen LogP contribution in [0.5, 0.6) is 5.75 Å². The van der Waals surface area contributed by atoms with Crippen molar-refractivity contribution in [3.05, 3.63) is 41.3 Å². The average Bonchev–Trinajstić information content (AvgIpc) is 2.36. The van der Waals surface area contributed by atoms with Crippen LogP contribution in [0.25, 0.3) is 0 Å². The lowest BCUT2D eigenvalue weighted by molar-refractivity contribution is 0.415. The largest absolute Gasteiger partial charge is 0.497 e. The molecule has 0 aliphatic heterocycles. The van der Waals surface area contributed by atoms with Crippen molar-refractivity contribution in [3.8, 4) is 5.75 Å². The van der Waals surface area contributed by atoms with Crippen molar-refractivity contribution >= 4 is 23.1 Å². The molecule has 0 saturated heterocycles. The minimum atomic E-state index is 0.455. The smallest absolute Gasteiger partial charge is 0.138 e. The summed E-state index contributed by atoms with van der Waals surface area (Å²) in [5, 5.41) is 3.63. The average molecular weight is 250 g/mol. The third-order valence-electron chi connectivity index (χ3n) is 2.38. The maximum atomic E-state index is 5.92. The summed E-state index contributed by atoms with van der Waals surface area (Å²) in [6, 6.07) is 7.57. The summed E-state index contributed by atoms with van der Waals surface area (Å²) in [7, 11) is 1.64. The van der Waals surface area contributed by atoms with Crippen LogP contribution in [-0.2, 0) is 0 Å². The van der Waals surface area contributed by atoms with Gasteiger partial charge in [-0.1, -0.05) is 11.6 Å². The van der Waals surface area contributed by atoms with Gasteiger partial charge in [0.15, 0.2) is 0 Å². The zero-order valence-electron chi connectivity index (χ0n) is 9.57. The molecule has 1 heterocycles. The maximum absolute atomic E-state index is 5.92. The minimum Gasteiger partial charge on any atom is -0.497 e. The predicted molar refractivity (Wildman–Crippen MR) is 68.1 cm³/mol. The van der Waals surface area contributed by atoms with Crippen molar-refractivity contribution < 1.29 is 4.74 Å². The van der Waals surface area contributed by atoms with E-state index in [1.54, 1.807) is 7.11 Å². The van der Waals surface area contributed by atoms with Crippen LogP contribution in [0.2, 0.25) is 5.15 Å². The number of hydrogen-bond donors (Lipinski definition) is 1. The number of ether oxygens (including phenoxy) is 1. The molecular formula is C12H12ClN3O. The standard InChI is InChI=1S/C12H12ClN3O/c1-8-11(13)14-7-15-12(8)16-9-3-5-10(17-2)6-4-9/h3-7H,1-2H3,(H,14,15,16). The Morgan fingerprint density at radius 2 is 1.88 bits per heavy atom. The van der Waals surface area contributed by atoms with Crippen molar-refractivity contribution in [2.45, 2.75) is 6.92 Å². The van der Waals surface area contributed by atoms with Crippen molar-refractivity contribution in [2.24, 2.45) is 0 Å². The topological polar surface area (TPSA) is 47.0 Å². The molecule has 0 unspecified atom stereocenters. The normalized spacial score (nSPS) is 10.1. The van der Waals surface area contributed by atoms with Crippen LogP contribution in [0.15, 0.2) is 30.6 Å². The SMILES string of the molecule is COc1ccc(Nc2ncnc(Cl)c2C)cc1. The number of anilines is 2. The fraction of sp³-hybridized carbons (Fsp3) is 0.167. The van der Waals surface area contributed by atoms with Gasteiger partial charge in [-0.3, -0.25) is 0 Å². The van der Waals surface area contributed by atoms with E-state index in [1.165, 1.54) is 6.33 Å². The fourth-order valence-corrected chi connectivity index (χ4v) is 1.50. The van der Waals surface area contributed by atoms with Gasteiger partial charge in [-0.05, 0) is 31.2 Å². The molecule has 2 rings (SSSR count). The van der Waals surface area contributed by atoms with Gasteiger partial charge in [0, 0.05) is 11.3 Å². The number of aromatic nitrogens is 2. The van der Waals surface area contributed by atoms with Crippen LogP contribution in [0.4, 0.5) is 11.5 Å². The Hall–Kier alpha value is -1.81. The van der Waals surface area contributed by atoms with Crippen molar-refractivity contribution in [2.75, 3.05) is 12.4 Å². The molecule has 17 heavy (non-hydrogen) atoms. The quantitative estimate of drug-likeness (QED) is 0.849. The van der Waals surface area contributed by atoms with E-state index in [-0.39, 0.29) is 0 Å². The van der Waals surface area contributed by atoms with Gasteiger partial charge >= 0.3 is 0 Å². The highest BCUT2D eigenvalue weighted by atomic mass is 35.5. The Bertz CT molecular complexity index is 514. The van der Waals surface area contributed by atoms with E-state index < -0.39 is 0 Å². The summed E-state index contributed by atoms with van der Waals surface area (Å²) in [5.74, 6) is 1.52. The van der Waals surface area contributed by atoms with Gasteiger partial charge in [0.25, 0.3) is 0 Å². The van der Waals surface area contributed by atoms with Gasteiger partial charge in [0.05, 0.1) is 7.11 Å². The summed E-state index contributed by atoms with van der Waals surface area (Å²) in [6.45, 7) is 1.87. The zero-order chi connectivity index (χ0) is 12.3. The van der Waals surface area contributed by atoms with Gasteiger partial charge in [0.2, 0.25) is 0 Å². The highest BCUT2D eigenvalue weighted by molar-refractivity contribution is 6.30. The number of methoxy groups -OCH3 is 1. The van der Waals surface area contributed by atoms with Crippen LogP contribution < -0.4 is 10.1 Å². The molecule has 4 nitrogen and oxygen atoms in total. The van der Waals surface area contributed by atoms with E-state index in [2.05, 4.69) is 15.3 Å². The molecule has 0 aliphatic carbocycles. The summed E-state index contributed by atoms with van der Waals surface area (Å²) in [6.07, 6.45) is 1.43. The maximum Gasteiger partial charge on any atom is 0.138 e. The second-order valence-electron chi connectivity index (χ2n) is 3.49. The highest BCUT2D eigenvalue weighted by Crippen LogP contribution is 2.23. The van der Waals surface area contributed by atoms with Gasteiger partial charge in [0.1, 0.15) is 23.0 Å². The molecule has 0 fully saturated rings. The number of rotatable bonds is 3. The lowest BCUT2D eigenvalue weighted by Crippen LogP contribution is -1.98. The first-order valence-corrected chi connectivity index (χ1v) is 5.46. The first kappa shape index (κ1) is 11.7. The summed E-state index contributed by atoms with van der Waals surface area (Å²) < 4.78 is 5.09. The molecule has 5 heteroatoms. The second kappa shape index (κ2) is 5.01. The Morgan fingerprint density at radius 1 is 1.18 bits per heavy atom. The number of halogens is 1. The van der Waals surface area contributed by atoms with Crippen LogP contribution in [0.3, 0.4) is 0 Å². The van der Waals surface area contributed by atoms with Crippen LogP contribution in [0.1, 0.15) is 5.56 Å². The molecule has 88 valence electrons. The molecule has 0 atom stereocenters. The van der Waals surface area contributed by atoms with Crippen molar-refractivity contribution in [1.82, 2.24) is 9.97 Å². The summed E-state index contributed by atoms with van der Waals surface area (Å²) >= 11 is 5.92. The molecule has 0 spiro atoms. The predicted octanol–water partition coefficient (Wildman–Crippen LogP) is 3.19. The van der Waals surface area contributed by atoms with Gasteiger partial charge in [-0.15, -0.1) is 0 Å². The molecule has 1 aromatic carbocycles. The first-order valence-electron chi connectivity index (χ1n) is 5.09. The molecule has 1 aromatic heterocycles. The van der Waals surface area contributed by atoms with E-state index in [1.807, 2.05) is 31.2 Å². The van der Waals surface area contributed by atoms with E-state index in [9.17, 15) is 0 Å². The second-order valence-corrected chi connectivity index (χ2v) is 3.85. The van der Waals surface area contributed by atoms with Crippen LogP contribution >= 0.6 is 11.6 Å². The minimum absolute atomic E-state index is 0.455. The van der Waals surface area contributed by atoms with E-state index in [4.69, 9.17) is 16.3 Å². The fourth-order valence-electron chi connectivity index (χ4n) is 1.37. The monoisotopic (exact) mass is 249 g/mol. The van der Waals surface area contributed by atoms with E-state index >= 15 is 0 Å². The van der Waals surface area contributed by atoms with Gasteiger partial charge in [-0.2, -0.15) is 0 Å². The van der Waals surface area contributed by atoms with E-state index in [0.717, 1.165) is 17.0 Å². The van der Waals surface area contributed by atoms with Gasteiger partial charge < -0.3 is 10.1 Å². The zero-order valence-corrected chi connectivity index (χ0v) is 10.3. The molecule has 0 aliphatic rings. The lowest BCUT2D eigenvalue weighted by atomic mass is 10.3. The van der Waals surface area contributed by atoms with E-state index in [0.29, 0.717) is 11.0 Å². The molecule has 0 amide bonds. The number of nitrogens with one attached hydrogen (secondary N) is 1. The Morgan fingerprint density at radius 3 is 2.53 bits per heavy atom. The molecule has 0 radical (unpaired) electrons. The Kier molecular flexibility index (Phi) is 3.44. The summed E-state index contributed by atoms with van der Waals surface area (Å²) in [5.41, 5.74) is 1.74. The molecule has 2 aromatic rings.